The second kappa shape index (κ2) is 13.3. The Morgan fingerprint density at radius 1 is 1.12 bits per heavy atom. The predicted octanol–water partition coefficient (Wildman–Crippen LogP) is 0.814. The van der Waals surface area contributed by atoms with Gasteiger partial charge in [0.2, 0.25) is 17.7 Å². The van der Waals surface area contributed by atoms with E-state index in [1.165, 1.54) is 11.8 Å². The summed E-state index contributed by atoms with van der Waals surface area (Å²) in [5.74, 6) is -2.80. The van der Waals surface area contributed by atoms with Crippen molar-refractivity contribution in [3.63, 3.8) is 0 Å². The Kier molecular flexibility index (Phi) is 9.83. The van der Waals surface area contributed by atoms with E-state index in [-0.39, 0.29) is 49.7 Å². The largest absolute Gasteiger partial charge is 0.392 e. The number of amides is 3. The van der Waals surface area contributed by atoms with Gasteiger partial charge in [0.25, 0.3) is 0 Å². The van der Waals surface area contributed by atoms with Gasteiger partial charge in [-0.05, 0) is 55.4 Å². The number of nitrogens with one attached hydrogen (secondary N) is 3. The maximum atomic E-state index is 13.9. The number of halogens is 2. The summed E-state index contributed by atoms with van der Waals surface area (Å²) in [6.45, 7) is 1.85. The van der Waals surface area contributed by atoms with Gasteiger partial charge >= 0.3 is 0 Å². The SMILES string of the molecule is CC(=O)N[C@H]1CCN([C@@H](CCc2ccccc2)C(=O)N[C@@H](Cc2cc(F)cc(F)c2)[C@H](O)[C@H]2C[C@H](O)CN2)C1=O. The van der Waals surface area contributed by atoms with Crippen molar-refractivity contribution in [3.8, 4) is 0 Å². The lowest BCUT2D eigenvalue weighted by Crippen LogP contribution is -2.57. The molecule has 3 amide bonds. The molecule has 11 heteroatoms. The number of benzene rings is 2. The van der Waals surface area contributed by atoms with Crippen LogP contribution in [-0.4, -0.2) is 82.3 Å². The third kappa shape index (κ3) is 7.61. The Hall–Kier alpha value is -3.41. The van der Waals surface area contributed by atoms with E-state index >= 15 is 0 Å². The molecule has 2 aromatic rings. The molecule has 0 unspecified atom stereocenters. The topological polar surface area (TPSA) is 131 Å². The molecular formula is C29H36F2N4O5. The van der Waals surface area contributed by atoms with Crippen molar-refractivity contribution in [2.45, 2.75) is 75.4 Å². The van der Waals surface area contributed by atoms with Gasteiger partial charge in [-0.1, -0.05) is 30.3 Å². The summed E-state index contributed by atoms with van der Waals surface area (Å²) in [7, 11) is 0. The highest BCUT2D eigenvalue weighted by Gasteiger charge is 2.41. The number of β-amino-alcohol motifs (C(OH)–C–C–N with tert-alkyl or cyclic N) is 1. The van der Waals surface area contributed by atoms with Crippen LogP contribution in [-0.2, 0) is 27.2 Å². The number of aliphatic hydroxyl groups is 2. The van der Waals surface area contributed by atoms with Crippen LogP contribution in [0, 0.1) is 11.6 Å². The summed E-state index contributed by atoms with van der Waals surface area (Å²) >= 11 is 0. The van der Waals surface area contributed by atoms with Gasteiger partial charge in [-0.2, -0.15) is 0 Å². The Labute approximate surface area is 231 Å². The van der Waals surface area contributed by atoms with E-state index in [0.717, 1.165) is 23.8 Å². The van der Waals surface area contributed by atoms with Crippen molar-refractivity contribution in [3.05, 3.63) is 71.3 Å². The number of aliphatic hydroxyl groups excluding tert-OH is 2. The van der Waals surface area contributed by atoms with Crippen LogP contribution in [0.2, 0.25) is 0 Å². The molecule has 0 aromatic heterocycles. The summed E-state index contributed by atoms with van der Waals surface area (Å²) in [6, 6.07) is 9.33. The Morgan fingerprint density at radius 2 is 1.82 bits per heavy atom. The normalized spacial score (nSPS) is 23.1. The quantitative estimate of drug-likeness (QED) is 0.278. The van der Waals surface area contributed by atoms with E-state index < -0.39 is 53.9 Å². The first-order valence-corrected chi connectivity index (χ1v) is 13.6. The standard InChI is InChI=1S/C29H36F2N4O5/c1-17(36)33-23-9-10-35(29(23)40)26(8-7-18-5-3-2-4-6-18)28(39)34-25(27(38)24-15-22(37)16-32-24)13-19-11-20(30)14-21(31)12-19/h2-6,11-12,14,22-27,32,37-38H,7-10,13,15-16H2,1H3,(H,33,36)(H,34,39)/t22-,23-,24+,25-,26-,27+/m0/s1. The molecule has 0 radical (unpaired) electrons. The summed E-state index contributed by atoms with van der Waals surface area (Å²) in [4.78, 5) is 40.0. The number of aryl methyl sites for hydroxylation is 1. The summed E-state index contributed by atoms with van der Waals surface area (Å²) in [5.41, 5.74) is 1.21. The van der Waals surface area contributed by atoms with Gasteiger partial charge in [-0.25, -0.2) is 8.78 Å². The fourth-order valence-corrected chi connectivity index (χ4v) is 5.57. The summed E-state index contributed by atoms with van der Waals surface area (Å²) in [5, 5.41) is 29.7. The Bertz CT molecular complexity index is 1180. The minimum atomic E-state index is -1.19. The van der Waals surface area contributed by atoms with E-state index in [1.54, 1.807) is 0 Å². The second-order valence-electron chi connectivity index (χ2n) is 10.6. The maximum Gasteiger partial charge on any atom is 0.245 e. The highest BCUT2D eigenvalue weighted by molar-refractivity contribution is 5.93. The molecule has 2 aromatic carbocycles. The number of carbonyl (C=O) groups excluding carboxylic acids is 3. The lowest BCUT2D eigenvalue weighted by Gasteiger charge is -2.33. The Morgan fingerprint density at radius 3 is 2.45 bits per heavy atom. The highest BCUT2D eigenvalue weighted by atomic mass is 19.1. The molecule has 0 saturated carbocycles. The first-order chi connectivity index (χ1) is 19.1. The number of hydrogen-bond acceptors (Lipinski definition) is 6. The molecule has 2 fully saturated rings. The molecule has 40 heavy (non-hydrogen) atoms. The van der Waals surface area contributed by atoms with Gasteiger partial charge in [0.1, 0.15) is 23.7 Å². The molecule has 2 aliphatic rings. The van der Waals surface area contributed by atoms with Crippen molar-refractivity contribution >= 4 is 17.7 Å². The summed E-state index contributed by atoms with van der Waals surface area (Å²) in [6.07, 6.45) is -0.572. The average Bonchev–Trinajstić information content (AvgIpc) is 3.49. The monoisotopic (exact) mass is 558 g/mol. The molecule has 5 N–H and O–H groups in total. The minimum Gasteiger partial charge on any atom is -0.392 e. The van der Waals surface area contributed by atoms with E-state index in [9.17, 15) is 33.4 Å². The first-order valence-electron chi connectivity index (χ1n) is 13.6. The van der Waals surface area contributed by atoms with E-state index in [1.807, 2.05) is 30.3 Å². The van der Waals surface area contributed by atoms with Crippen LogP contribution >= 0.6 is 0 Å². The number of nitrogens with zero attached hydrogens (tertiary/aromatic N) is 1. The smallest absolute Gasteiger partial charge is 0.245 e. The van der Waals surface area contributed by atoms with Crippen LogP contribution in [0.1, 0.15) is 37.3 Å². The molecular weight excluding hydrogens is 522 g/mol. The first kappa shape index (κ1) is 29.6. The van der Waals surface area contributed by atoms with Crippen molar-refractivity contribution in [1.82, 2.24) is 20.9 Å². The lowest BCUT2D eigenvalue weighted by atomic mass is 9.94. The molecule has 0 aliphatic carbocycles. The van der Waals surface area contributed by atoms with Crippen molar-refractivity contribution < 1.29 is 33.4 Å². The van der Waals surface area contributed by atoms with Crippen LogP contribution < -0.4 is 16.0 Å². The molecule has 9 nitrogen and oxygen atoms in total. The van der Waals surface area contributed by atoms with Gasteiger partial charge in [0.05, 0.1) is 18.2 Å². The van der Waals surface area contributed by atoms with Gasteiger partial charge in [-0.15, -0.1) is 0 Å². The van der Waals surface area contributed by atoms with E-state index in [2.05, 4.69) is 16.0 Å². The number of hydrogen-bond donors (Lipinski definition) is 5. The van der Waals surface area contributed by atoms with Crippen LogP contribution in [0.3, 0.4) is 0 Å². The molecule has 4 rings (SSSR count). The number of likely N-dealkylation sites (tertiary alicyclic amines) is 1. The highest BCUT2D eigenvalue weighted by Crippen LogP contribution is 2.22. The third-order valence-corrected chi connectivity index (χ3v) is 7.52. The van der Waals surface area contributed by atoms with Crippen LogP contribution in [0.5, 0.6) is 0 Å². The predicted molar refractivity (Wildman–Crippen MR) is 143 cm³/mol. The van der Waals surface area contributed by atoms with E-state index in [4.69, 9.17) is 0 Å². The average molecular weight is 559 g/mol. The fraction of sp³-hybridized carbons (Fsp3) is 0.483. The molecule has 0 spiro atoms. The molecule has 6 atom stereocenters. The molecule has 2 saturated heterocycles. The molecule has 0 bridgehead atoms. The number of carbonyl (C=O) groups is 3. The van der Waals surface area contributed by atoms with Crippen LogP contribution in [0.15, 0.2) is 48.5 Å². The zero-order chi connectivity index (χ0) is 28.8. The minimum absolute atomic E-state index is 0.0796. The number of rotatable bonds is 11. The molecule has 2 aliphatic heterocycles. The van der Waals surface area contributed by atoms with Crippen molar-refractivity contribution in [1.29, 1.82) is 0 Å². The zero-order valence-electron chi connectivity index (χ0n) is 22.4. The molecule has 216 valence electrons. The maximum absolute atomic E-state index is 13.9. The second-order valence-corrected chi connectivity index (χ2v) is 10.6. The Balaban J connectivity index is 1.57. The summed E-state index contributed by atoms with van der Waals surface area (Å²) < 4.78 is 27.9. The van der Waals surface area contributed by atoms with Crippen molar-refractivity contribution in [2.24, 2.45) is 0 Å². The zero-order valence-corrected chi connectivity index (χ0v) is 22.4. The van der Waals surface area contributed by atoms with Gasteiger partial charge in [0.15, 0.2) is 0 Å². The fourth-order valence-electron chi connectivity index (χ4n) is 5.57. The van der Waals surface area contributed by atoms with Crippen molar-refractivity contribution in [2.75, 3.05) is 13.1 Å². The van der Waals surface area contributed by atoms with Gasteiger partial charge in [-0.3, -0.25) is 14.4 Å². The van der Waals surface area contributed by atoms with Gasteiger partial charge in [0, 0.05) is 32.1 Å². The lowest BCUT2D eigenvalue weighted by molar-refractivity contribution is -0.140. The van der Waals surface area contributed by atoms with E-state index in [0.29, 0.717) is 12.8 Å². The van der Waals surface area contributed by atoms with Gasteiger partial charge < -0.3 is 31.1 Å². The van der Waals surface area contributed by atoms with Crippen LogP contribution in [0.4, 0.5) is 8.78 Å². The third-order valence-electron chi connectivity index (χ3n) is 7.52. The molecule has 2 heterocycles. The van der Waals surface area contributed by atoms with Crippen LogP contribution in [0.25, 0.3) is 0 Å².